The Morgan fingerprint density at radius 2 is 2.05 bits per heavy atom. The van der Waals surface area contributed by atoms with Gasteiger partial charge in [-0.1, -0.05) is 0 Å². The maximum absolute atomic E-state index is 11.7. The fourth-order valence-electron chi connectivity index (χ4n) is 1.86. The third-order valence-corrected chi connectivity index (χ3v) is 3.12. The molecule has 0 aliphatic heterocycles. The second kappa shape index (κ2) is 7.65. The molecule has 1 saturated carbocycles. The molecule has 0 radical (unpaired) electrons. The van der Waals surface area contributed by atoms with Crippen LogP contribution in [0.2, 0.25) is 0 Å². The van der Waals surface area contributed by atoms with Crippen LogP contribution in [-0.2, 0) is 9.59 Å². The summed E-state index contributed by atoms with van der Waals surface area (Å²) in [7, 11) is 1.51. The number of hydrogen-bond donors (Lipinski definition) is 3. The van der Waals surface area contributed by atoms with Crippen LogP contribution in [0.15, 0.2) is 18.2 Å². The molecule has 0 unspecified atom stereocenters. The molecule has 0 aromatic heterocycles. The highest BCUT2D eigenvalue weighted by atomic mass is 16.5. The summed E-state index contributed by atoms with van der Waals surface area (Å²) in [4.78, 5) is 23.2. The molecule has 7 heteroatoms. The predicted molar refractivity (Wildman–Crippen MR) is 82.0 cm³/mol. The van der Waals surface area contributed by atoms with Crippen LogP contribution < -0.4 is 25.8 Å². The maximum Gasteiger partial charge on any atom is 0.258 e. The number of amides is 2. The van der Waals surface area contributed by atoms with E-state index in [1.54, 1.807) is 18.2 Å². The van der Waals surface area contributed by atoms with E-state index in [9.17, 15) is 9.59 Å². The number of rotatable bonds is 8. The van der Waals surface area contributed by atoms with E-state index in [2.05, 4.69) is 10.6 Å². The fraction of sp³-hybridized carbons (Fsp3) is 0.467. The van der Waals surface area contributed by atoms with Gasteiger partial charge >= 0.3 is 0 Å². The van der Waals surface area contributed by atoms with Crippen LogP contribution in [0.3, 0.4) is 0 Å². The zero-order chi connectivity index (χ0) is 15.9. The van der Waals surface area contributed by atoms with Crippen molar-refractivity contribution in [1.29, 1.82) is 0 Å². The predicted octanol–water partition coefficient (Wildman–Crippen LogP) is 0.640. The van der Waals surface area contributed by atoms with Gasteiger partial charge < -0.3 is 25.8 Å². The number of carbonyl (C=O) groups is 2. The molecule has 1 aliphatic carbocycles. The average Bonchev–Trinajstić information content (AvgIpc) is 3.29. The van der Waals surface area contributed by atoms with Crippen LogP contribution in [0.1, 0.15) is 19.3 Å². The van der Waals surface area contributed by atoms with Crippen LogP contribution in [0.25, 0.3) is 0 Å². The lowest BCUT2D eigenvalue weighted by atomic mass is 10.2. The number of anilines is 1. The van der Waals surface area contributed by atoms with Crippen molar-refractivity contribution >= 4 is 17.5 Å². The van der Waals surface area contributed by atoms with Crippen LogP contribution in [-0.4, -0.2) is 38.1 Å². The van der Waals surface area contributed by atoms with Crippen molar-refractivity contribution in [2.24, 2.45) is 5.73 Å². The number of nitrogens with two attached hydrogens (primary N) is 1. The largest absolute Gasteiger partial charge is 0.493 e. The first kappa shape index (κ1) is 16.1. The Morgan fingerprint density at radius 3 is 2.68 bits per heavy atom. The molecule has 2 rings (SSSR count). The first-order valence-electron chi connectivity index (χ1n) is 7.22. The number of methoxy groups -OCH3 is 1. The summed E-state index contributed by atoms with van der Waals surface area (Å²) in [5, 5.41) is 5.55. The number of hydrogen-bond acceptors (Lipinski definition) is 5. The third kappa shape index (κ3) is 4.92. The summed E-state index contributed by atoms with van der Waals surface area (Å²) in [6.45, 7) is 0.194. The molecule has 0 atom stereocenters. The summed E-state index contributed by atoms with van der Waals surface area (Å²) < 4.78 is 10.7. The lowest BCUT2D eigenvalue weighted by molar-refractivity contribution is -0.123. The number of ether oxygens (including phenoxy) is 2. The highest BCUT2D eigenvalue weighted by Crippen LogP contribution is 2.30. The van der Waals surface area contributed by atoms with Crippen molar-refractivity contribution in [3.63, 3.8) is 0 Å². The summed E-state index contributed by atoms with van der Waals surface area (Å²) in [6, 6.07) is 5.29. The Bertz CT molecular complexity index is 544. The highest BCUT2D eigenvalue weighted by molar-refractivity contribution is 5.91. The van der Waals surface area contributed by atoms with Gasteiger partial charge in [-0.05, 0) is 25.0 Å². The van der Waals surface area contributed by atoms with E-state index >= 15 is 0 Å². The molecule has 1 aliphatic rings. The van der Waals surface area contributed by atoms with Crippen molar-refractivity contribution in [1.82, 2.24) is 5.32 Å². The third-order valence-electron chi connectivity index (χ3n) is 3.12. The van der Waals surface area contributed by atoms with Gasteiger partial charge in [-0.15, -0.1) is 0 Å². The van der Waals surface area contributed by atoms with Crippen molar-refractivity contribution in [3.8, 4) is 11.5 Å². The Labute approximate surface area is 129 Å². The molecular weight excluding hydrogens is 286 g/mol. The average molecular weight is 307 g/mol. The van der Waals surface area contributed by atoms with E-state index in [0.29, 0.717) is 23.2 Å². The Morgan fingerprint density at radius 1 is 1.27 bits per heavy atom. The van der Waals surface area contributed by atoms with E-state index in [-0.39, 0.29) is 31.4 Å². The van der Waals surface area contributed by atoms with E-state index < -0.39 is 0 Å². The molecule has 7 nitrogen and oxygen atoms in total. The van der Waals surface area contributed by atoms with Crippen LogP contribution in [0.4, 0.5) is 5.69 Å². The summed E-state index contributed by atoms with van der Waals surface area (Å²) in [6.07, 6.45) is 2.29. The summed E-state index contributed by atoms with van der Waals surface area (Å²) in [5.74, 6) is 0.558. The zero-order valence-corrected chi connectivity index (χ0v) is 12.6. The first-order chi connectivity index (χ1) is 10.6. The molecule has 2 amide bonds. The Balaban J connectivity index is 1.96. The molecule has 0 heterocycles. The normalized spacial score (nSPS) is 13.4. The van der Waals surface area contributed by atoms with Gasteiger partial charge in [-0.2, -0.15) is 0 Å². The number of nitrogens with one attached hydrogen (secondary N) is 2. The molecule has 1 aromatic rings. The van der Waals surface area contributed by atoms with Gasteiger partial charge in [0.2, 0.25) is 5.91 Å². The number of carbonyl (C=O) groups excluding carboxylic acids is 2. The minimum atomic E-state index is -0.176. The second-order valence-electron chi connectivity index (χ2n) is 5.08. The molecule has 1 fully saturated rings. The molecule has 4 N–H and O–H groups in total. The highest BCUT2D eigenvalue weighted by Gasteiger charge is 2.23. The fourth-order valence-corrected chi connectivity index (χ4v) is 1.86. The van der Waals surface area contributed by atoms with Crippen LogP contribution >= 0.6 is 0 Å². The van der Waals surface area contributed by atoms with Crippen LogP contribution in [0, 0.1) is 0 Å². The lowest BCUT2D eigenvalue weighted by Crippen LogP contribution is -2.30. The van der Waals surface area contributed by atoms with Gasteiger partial charge in [-0.25, -0.2) is 0 Å². The summed E-state index contributed by atoms with van der Waals surface area (Å²) in [5.41, 5.74) is 5.90. The van der Waals surface area contributed by atoms with Gasteiger partial charge in [0.05, 0.1) is 7.11 Å². The van der Waals surface area contributed by atoms with Gasteiger partial charge in [0.25, 0.3) is 5.91 Å². The smallest absolute Gasteiger partial charge is 0.258 e. The molecule has 1 aromatic carbocycles. The molecule has 22 heavy (non-hydrogen) atoms. The minimum Gasteiger partial charge on any atom is -0.493 e. The standard InChI is InChI=1S/C15H21N3O4/c1-21-12-5-4-11(18-14(19)6-7-16)8-13(12)22-9-15(20)17-10-2-3-10/h4-5,8,10H,2-3,6-7,9,16H2,1H3,(H,17,20)(H,18,19). The van der Waals surface area contributed by atoms with Gasteiger partial charge in [0.1, 0.15) is 0 Å². The maximum atomic E-state index is 11.7. The van der Waals surface area contributed by atoms with E-state index in [4.69, 9.17) is 15.2 Å². The van der Waals surface area contributed by atoms with Crippen molar-refractivity contribution in [2.45, 2.75) is 25.3 Å². The Kier molecular flexibility index (Phi) is 5.60. The van der Waals surface area contributed by atoms with Crippen molar-refractivity contribution < 1.29 is 19.1 Å². The van der Waals surface area contributed by atoms with Crippen molar-refractivity contribution in [3.05, 3.63) is 18.2 Å². The molecule has 120 valence electrons. The molecule has 0 bridgehead atoms. The first-order valence-corrected chi connectivity index (χ1v) is 7.22. The van der Waals surface area contributed by atoms with E-state index in [1.807, 2.05) is 0 Å². The second-order valence-corrected chi connectivity index (χ2v) is 5.08. The van der Waals surface area contributed by atoms with Gasteiger partial charge in [0.15, 0.2) is 18.1 Å². The molecule has 0 saturated heterocycles. The SMILES string of the molecule is COc1ccc(NC(=O)CCN)cc1OCC(=O)NC1CC1. The zero-order valence-electron chi connectivity index (χ0n) is 12.6. The lowest BCUT2D eigenvalue weighted by Gasteiger charge is -2.13. The minimum absolute atomic E-state index is 0.0902. The number of benzene rings is 1. The topological polar surface area (TPSA) is 103 Å². The van der Waals surface area contributed by atoms with E-state index in [1.165, 1.54) is 7.11 Å². The van der Waals surface area contributed by atoms with Gasteiger partial charge in [-0.3, -0.25) is 9.59 Å². The van der Waals surface area contributed by atoms with E-state index in [0.717, 1.165) is 12.8 Å². The monoisotopic (exact) mass is 307 g/mol. The quantitative estimate of drug-likeness (QED) is 0.654. The van der Waals surface area contributed by atoms with Crippen molar-refractivity contribution in [2.75, 3.05) is 25.6 Å². The molecular formula is C15H21N3O4. The van der Waals surface area contributed by atoms with Gasteiger partial charge in [0, 0.05) is 30.8 Å². The molecule has 0 spiro atoms. The van der Waals surface area contributed by atoms with Crippen LogP contribution in [0.5, 0.6) is 11.5 Å². The Hall–Kier alpha value is -2.28. The summed E-state index contributed by atoms with van der Waals surface area (Å²) >= 11 is 0.